The van der Waals surface area contributed by atoms with Gasteiger partial charge in [-0.25, -0.2) is 4.79 Å². The van der Waals surface area contributed by atoms with Crippen LogP contribution in [0, 0.1) is 13.8 Å². The van der Waals surface area contributed by atoms with E-state index in [1.165, 1.54) is 0 Å². The van der Waals surface area contributed by atoms with E-state index in [1.54, 1.807) is 32.6 Å². The summed E-state index contributed by atoms with van der Waals surface area (Å²) in [6, 6.07) is 3.85. The average molecular weight is 462 g/mol. The van der Waals surface area contributed by atoms with E-state index in [-0.39, 0.29) is 23.9 Å². The van der Waals surface area contributed by atoms with Crippen LogP contribution in [0.15, 0.2) is 18.2 Å². The first-order valence-electron chi connectivity index (χ1n) is 11.9. The molecule has 0 spiro atoms. The third-order valence-corrected chi connectivity index (χ3v) is 5.37. The number of alkyl carbamates (subject to hydrolysis) is 1. The molecule has 0 saturated carbocycles. The average Bonchev–Trinajstić information content (AvgIpc) is 2.64. The van der Waals surface area contributed by atoms with Crippen molar-refractivity contribution in [3.63, 3.8) is 0 Å². The van der Waals surface area contributed by atoms with Gasteiger partial charge in [-0.05, 0) is 85.4 Å². The van der Waals surface area contributed by atoms with E-state index >= 15 is 0 Å². The Kier molecular flexibility index (Phi) is 10.4. The van der Waals surface area contributed by atoms with E-state index in [4.69, 9.17) is 4.74 Å². The van der Waals surface area contributed by atoms with Crippen LogP contribution in [0.3, 0.4) is 0 Å². The molecule has 0 saturated heterocycles. The fraction of sp³-hybridized carbons (Fsp3) is 0.654. The Bertz CT molecular complexity index is 809. The molecule has 3 atom stereocenters. The number of nitrogens with one attached hydrogen (secondary N) is 2. The minimum Gasteiger partial charge on any atom is -0.444 e. The van der Waals surface area contributed by atoms with E-state index in [1.807, 2.05) is 52.8 Å². The summed E-state index contributed by atoms with van der Waals surface area (Å²) < 4.78 is 5.31. The van der Waals surface area contributed by atoms with Crippen molar-refractivity contribution in [1.82, 2.24) is 15.5 Å². The number of rotatable bonds is 9. The molecule has 0 radical (unpaired) electrons. The van der Waals surface area contributed by atoms with Crippen LogP contribution >= 0.6 is 0 Å². The molecule has 0 aliphatic rings. The summed E-state index contributed by atoms with van der Waals surface area (Å²) in [6.45, 7) is 18.6. The van der Waals surface area contributed by atoms with Crippen molar-refractivity contribution in [2.24, 2.45) is 0 Å². The van der Waals surface area contributed by atoms with Crippen LogP contribution in [0.5, 0.6) is 0 Å². The zero-order chi connectivity index (χ0) is 25.5. The summed E-state index contributed by atoms with van der Waals surface area (Å²) in [6.07, 6.45) is 1.12. The highest BCUT2D eigenvalue weighted by atomic mass is 16.6. The first-order chi connectivity index (χ1) is 15.2. The normalized spacial score (nSPS) is 14.3. The van der Waals surface area contributed by atoms with E-state index in [0.29, 0.717) is 0 Å². The van der Waals surface area contributed by atoms with Gasteiger partial charge in [0.1, 0.15) is 17.7 Å². The molecule has 0 aliphatic heterocycles. The third kappa shape index (κ3) is 8.37. The fourth-order valence-electron chi connectivity index (χ4n) is 3.93. The Morgan fingerprint density at radius 1 is 1.00 bits per heavy atom. The Morgan fingerprint density at radius 3 is 2.00 bits per heavy atom. The van der Waals surface area contributed by atoms with Gasteiger partial charge >= 0.3 is 6.09 Å². The van der Waals surface area contributed by atoms with Gasteiger partial charge in [0.25, 0.3) is 0 Å². The second-order valence-corrected chi connectivity index (χ2v) is 10.1. The van der Waals surface area contributed by atoms with Crippen LogP contribution in [-0.4, -0.2) is 46.5 Å². The standard InChI is InChI=1S/C26H43N3O4/c1-11-13-19(6)27-23(30)22(21-17(4)14-12-15-18(21)5)29(16(2)3)24(31)20(7)28-25(32)33-26(8,9)10/h12,14-16,19-20,22H,11,13H2,1-10H3,(H,27,30)(H,28,32). The van der Waals surface area contributed by atoms with E-state index in [2.05, 4.69) is 17.6 Å². The summed E-state index contributed by atoms with van der Waals surface area (Å²) in [5.41, 5.74) is 2.00. The first-order valence-corrected chi connectivity index (χ1v) is 11.9. The number of benzene rings is 1. The third-order valence-electron chi connectivity index (χ3n) is 5.37. The summed E-state index contributed by atoms with van der Waals surface area (Å²) >= 11 is 0. The molecule has 1 aromatic carbocycles. The maximum Gasteiger partial charge on any atom is 0.408 e. The molecule has 3 unspecified atom stereocenters. The monoisotopic (exact) mass is 461 g/mol. The topological polar surface area (TPSA) is 87.7 Å². The van der Waals surface area contributed by atoms with E-state index in [0.717, 1.165) is 29.5 Å². The number of hydrogen-bond acceptors (Lipinski definition) is 4. The first kappa shape index (κ1) is 28.5. The van der Waals surface area contributed by atoms with Crippen molar-refractivity contribution < 1.29 is 19.1 Å². The van der Waals surface area contributed by atoms with Crippen molar-refractivity contribution in [1.29, 1.82) is 0 Å². The zero-order valence-corrected chi connectivity index (χ0v) is 22.0. The highest BCUT2D eigenvalue weighted by Gasteiger charge is 2.38. The summed E-state index contributed by atoms with van der Waals surface area (Å²) in [5, 5.41) is 5.71. The molecular formula is C26H43N3O4. The summed E-state index contributed by atoms with van der Waals surface area (Å²) in [7, 11) is 0. The molecule has 1 aromatic rings. The highest BCUT2D eigenvalue weighted by Crippen LogP contribution is 2.30. The highest BCUT2D eigenvalue weighted by molar-refractivity contribution is 5.92. The SMILES string of the molecule is CCCC(C)NC(=O)C(c1c(C)cccc1C)N(C(=O)C(C)NC(=O)OC(C)(C)C)C(C)C. The molecule has 0 aliphatic carbocycles. The number of hydrogen-bond donors (Lipinski definition) is 2. The number of carbonyl (C=O) groups excluding carboxylic acids is 3. The number of carbonyl (C=O) groups is 3. The van der Waals surface area contributed by atoms with Gasteiger partial charge in [0.05, 0.1) is 0 Å². The van der Waals surface area contributed by atoms with Crippen LogP contribution in [0.1, 0.15) is 91.0 Å². The number of nitrogens with zero attached hydrogens (tertiary/aromatic N) is 1. The molecule has 7 nitrogen and oxygen atoms in total. The Labute approximate surface area is 199 Å². The number of ether oxygens (including phenoxy) is 1. The predicted octanol–water partition coefficient (Wildman–Crippen LogP) is 4.80. The van der Waals surface area contributed by atoms with Gasteiger partial charge in [-0.3, -0.25) is 9.59 Å². The van der Waals surface area contributed by atoms with Crippen molar-refractivity contribution in [3.05, 3.63) is 34.9 Å². The van der Waals surface area contributed by atoms with Gasteiger partial charge in [-0.15, -0.1) is 0 Å². The van der Waals surface area contributed by atoms with Gasteiger partial charge in [-0.2, -0.15) is 0 Å². The molecule has 33 heavy (non-hydrogen) atoms. The minimum atomic E-state index is -0.866. The summed E-state index contributed by atoms with van der Waals surface area (Å²) in [5.74, 6) is -0.568. The smallest absolute Gasteiger partial charge is 0.408 e. The quantitative estimate of drug-likeness (QED) is 0.553. The Hall–Kier alpha value is -2.57. The number of aryl methyl sites for hydroxylation is 2. The van der Waals surface area contributed by atoms with Gasteiger partial charge in [0, 0.05) is 12.1 Å². The van der Waals surface area contributed by atoms with Crippen LogP contribution in [0.2, 0.25) is 0 Å². The fourth-order valence-corrected chi connectivity index (χ4v) is 3.93. The van der Waals surface area contributed by atoms with E-state index in [9.17, 15) is 14.4 Å². The van der Waals surface area contributed by atoms with Crippen LogP contribution in [0.4, 0.5) is 4.79 Å². The molecule has 0 fully saturated rings. The zero-order valence-electron chi connectivity index (χ0n) is 22.0. The van der Waals surface area contributed by atoms with Gasteiger partial charge in [-0.1, -0.05) is 31.5 Å². The maximum atomic E-state index is 13.6. The minimum absolute atomic E-state index is 0.0178. The number of amides is 3. The Balaban J connectivity index is 3.39. The second kappa shape index (κ2) is 12.1. The van der Waals surface area contributed by atoms with Crippen LogP contribution in [0.25, 0.3) is 0 Å². The lowest BCUT2D eigenvalue weighted by Crippen LogP contribution is -2.55. The van der Waals surface area contributed by atoms with Crippen LogP contribution < -0.4 is 10.6 Å². The molecule has 3 amide bonds. The van der Waals surface area contributed by atoms with Crippen LogP contribution in [-0.2, 0) is 14.3 Å². The van der Waals surface area contributed by atoms with Gasteiger partial charge < -0.3 is 20.3 Å². The molecule has 2 N–H and O–H groups in total. The predicted molar refractivity (Wildman–Crippen MR) is 132 cm³/mol. The van der Waals surface area contributed by atoms with Crippen molar-refractivity contribution in [3.8, 4) is 0 Å². The second-order valence-electron chi connectivity index (χ2n) is 10.1. The van der Waals surface area contributed by atoms with Crippen molar-refractivity contribution in [2.45, 2.75) is 112 Å². The summed E-state index contributed by atoms with van der Waals surface area (Å²) in [4.78, 5) is 41.1. The molecule has 1 rings (SSSR count). The van der Waals surface area contributed by atoms with Gasteiger partial charge in [0.2, 0.25) is 11.8 Å². The van der Waals surface area contributed by atoms with Crippen molar-refractivity contribution >= 4 is 17.9 Å². The lowest BCUT2D eigenvalue weighted by atomic mass is 9.92. The van der Waals surface area contributed by atoms with E-state index < -0.39 is 23.8 Å². The molecule has 7 heteroatoms. The lowest BCUT2D eigenvalue weighted by molar-refractivity contribution is -0.144. The Morgan fingerprint density at radius 2 is 1.55 bits per heavy atom. The van der Waals surface area contributed by atoms with Crippen molar-refractivity contribution in [2.75, 3.05) is 0 Å². The maximum absolute atomic E-state index is 13.6. The molecule has 186 valence electrons. The van der Waals surface area contributed by atoms with Gasteiger partial charge in [0.15, 0.2) is 0 Å². The lowest BCUT2D eigenvalue weighted by Gasteiger charge is -2.38. The molecule has 0 bridgehead atoms. The largest absolute Gasteiger partial charge is 0.444 e. The molecule has 0 aromatic heterocycles. The molecular weight excluding hydrogens is 418 g/mol. The molecule has 0 heterocycles.